The molecule has 106 valence electrons. The number of hydrogen-bond acceptors (Lipinski definition) is 3. The number of rotatable bonds is 11. The van der Waals surface area contributed by atoms with E-state index >= 15 is 0 Å². The van der Waals surface area contributed by atoms with Gasteiger partial charge in [-0.1, -0.05) is 39.0 Å². The van der Waals surface area contributed by atoms with Gasteiger partial charge in [0.05, 0.1) is 7.11 Å². The van der Waals surface area contributed by atoms with Crippen LogP contribution in [-0.2, 0) is 14.3 Å². The molecule has 0 saturated heterocycles. The SMILES string of the molecule is CCCC(CCCCCCCC(=O)OC)C(C)=O. The molecule has 0 N–H and O–H groups in total. The zero-order chi connectivity index (χ0) is 13.8. The van der Waals surface area contributed by atoms with Crippen LogP contribution in [0.3, 0.4) is 0 Å². The molecule has 0 aliphatic carbocycles. The zero-order valence-electron chi connectivity index (χ0n) is 12.2. The summed E-state index contributed by atoms with van der Waals surface area (Å²) in [6, 6.07) is 0. The Labute approximate surface area is 111 Å². The maximum Gasteiger partial charge on any atom is 0.305 e. The summed E-state index contributed by atoms with van der Waals surface area (Å²) < 4.78 is 4.59. The molecule has 0 rings (SSSR count). The lowest BCUT2D eigenvalue weighted by molar-refractivity contribution is -0.140. The van der Waals surface area contributed by atoms with E-state index in [0.717, 1.165) is 51.4 Å². The van der Waals surface area contributed by atoms with Crippen molar-refractivity contribution in [3.63, 3.8) is 0 Å². The first-order valence-electron chi connectivity index (χ1n) is 7.19. The Morgan fingerprint density at radius 1 is 1.00 bits per heavy atom. The van der Waals surface area contributed by atoms with Gasteiger partial charge in [-0.2, -0.15) is 0 Å². The van der Waals surface area contributed by atoms with Crippen molar-refractivity contribution < 1.29 is 14.3 Å². The number of esters is 1. The minimum atomic E-state index is -0.116. The highest BCUT2D eigenvalue weighted by atomic mass is 16.5. The largest absolute Gasteiger partial charge is 0.469 e. The highest BCUT2D eigenvalue weighted by Gasteiger charge is 2.12. The molecular weight excluding hydrogens is 228 g/mol. The number of Topliss-reactive ketones (excluding diaryl/α,β-unsaturated/α-hetero) is 1. The summed E-state index contributed by atoms with van der Waals surface area (Å²) in [5, 5.41) is 0. The van der Waals surface area contributed by atoms with Gasteiger partial charge in [0, 0.05) is 12.3 Å². The lowest BCUT2D eigenvalue weighted by Crippen LogP contribution is -2.10. The standard InChI is InChI=1S/C15H28O3/c1-4-10-14(13(2)16)11-8-6-5-7-9-12-15(17)18-3/h14H,4-12H2,1-3H3. The molecule has 0 amide bonds. The molecule has 0 radical (unpaired) electrons. The molecule has 3 heteroatoms. The smallest absolute Gasteiger partial charge is 0.305 e. The molecule has 0 aromatic carbocycles. The van der Waals surface area contributed by atoms with Crippen molar-refractivity contribution in [3.8, 4) is 0 Å². The molecule has 0 fully saturated rings. The Morgan fingerprint density at radius 2 is 1.61 bits per heavy atom. The molecule has 1 atom stereocenters. The van der Waals surface area contributed by atoms with E-state index in [1.165, 1.54) is 7.11 Å². The summed E-state index contributed by atoms with van der Waals surface area (Å²) in [6.45, 7) is 3.83. The Balaban J connectivity index is 3.43. The minimum Gasteiger partial charge on any atom is -0.469 e. The second-order valence-electron chi connectivity index (χ2n) is 4.98. The lowest BCUT2D eigenvalue weighted by Gasteiger charge is -2.11. The van der Waals surface area contributed by atoms with E-state index in [1.807, 2.05) is 0 Å². The average Bonchev–Trinajstić information content (AvgIpc) is 2.35. The number of methoxy groups -OCH3 is 1. The van der Waals surface area contributed by atoms with Crippen LogP contribution >= 0.6 is 0 Å². The van der Waals surface area contributed by atoms with Crippen LogP contribution in [-0.4, -0.2) is 18.9 Å². The predicted octanol–water partition coefficient (Wildman–Crippen LogP) is 3.90. The first kappa shape index (κ1) is 17.1. The number of hydrogen-bond donors (Lipinski definition) is 0. The van der Waals surface area contributed by atoms with Crippen LogP contribution in [0.25, 0.3) is 0 Å². The minimum absolute atomic E-state index is 0.116. The maximum absolute atomic E-state index is 11.4. The summed E-state index contributed by atoms with van der Waals surface area (Å²) in [5.41, 5.74) is 0. The van der Waals surface area contributed by atoms with Crippen molar-refractivity contribution in [1.29, 1.82) is 0 Å². The van der Waals surface area contributed by atoms with Crippen LogP contribution in [0.1, 0.15) is 71.6 Å². The van der Waals surface area contributed by atoms with Crippen LogP contribution in [0.5, 0.6) is 0 Å². The van der Waals surface area contributed by atoms with Gasteiger partial charge < -0.3 is 4.74 Å². The molecule has 0 heterocycles. The molecule has 3 nitrogen and oxygen atoms in total. The Morgan fingerprint density at radius 3 is 2.17 bits per heavy atom. The lowest BCUT2D eigenvalue weighted by atomic mass is 9.93. The third-order valence-electron chi connectivity index (χ3n) is 3.37. The van der Waals surface area contributed by atoms with Gasteiger partial charge >= 0.3 is 5.97 Å². The van der Waals surface area contributed by atoms with Gasteiger partial charge in [-0.15, -0.1) is 0 Å². The molecule has 18 heavy (non-hydrogen) atoms. The topological polar surface area (TPSA) is 43.4 Å². The van der Waals surface area contributed by atoms with E-state index < -0.39 is 0 Å². The van der Waals surface area contributed by atoms with Crippen LogP contribution < -0.4 is 0 Å². The molecule has 1 unspecified atom stereocenters. The maximum atomic E-state index is 11.4. The molecule has 0 aliphatic rings. The molecule has 0 aromatic rings. The summed E-state index contributed by atoms with van der Waals surface area (Å²) in [6.07, 6.45) is 9.10. The molecule has 0 saturated carbocycles. The van der Waals surface area contributed by atoms with Crippen molar-refractivity contribution >= 4 is 11.8 Å². The molecule has 0 aliphatic heterocycles. The predicted molar refractivity (Wildman–Crippen MR) is 73.4 cm³/mol. The van der Waals surface area contributed by atoms with Crippen molar-refractivity contribution in [2.75, 3.05) is 7.11 Å². The van der Waals surface area contributed by atoms with Gasteiger partial charge in [0.1, 0.15) is 5.78 Å². The van der Waals surface area contributed by atoms with Crippen molar-refractivity contribution in [1.82, 2.24) is 0 Å². The van der Waals surface area contributed by atoms with Crippen molar-refractivity contribution in [2.24, 2.45) is 5.92 Å². The number of ether oxygens (including phenoxy) is 1. The second-order valence-corrected chi connectivity index (χ2v) is 4.98. The normalized spacial score (nSPS) is 12.2. The fraction of sp³-hybridized carbons (Fsp3) is 0.867. The van der Waals surface area contributed by atoms with E-state index in [9.17, 15) is 9.59 Å². The number of carbonyl (C=O) groups is 2. The number of unbranched alkanes of at least 4 members (excludes halogenated alkanes) is 4. The Hall–Kier alpha value is -0.860. The van der Waals surface area contributed by atoms with Gasteiger partial charge in [-0.3, -0.25) is 9.59 Å². The number of carbonyl (C=O) groups excluding carboxylic acids is 2. The summed E-state index contributed by atoms with van der Waals surface area (Å²) in [4.78, 5) is 22.2. The second kappa shape index (κ2) is 11.2. The third kappa shape index (κ3) is 9.20. The fourth-order valence-corrected chi connectivity index (χ4v) is 2.19. The molecular formula is C15H28O3. The quantitative estimate of drug-likeness (QED) is 0.416. The van der Waals surface area contributed by atoms with Gasteiger partial charge in [-0.25, -0.2) is 0 Å². The Bertz CT molecular complexity index is 236. The molecule has 0 aromatic heterocycles. The monoisotopic (exact) mass is 256 g/mol. The average molecular weight is 256 g/mol. The van der Waals surface area contributed by atoms with Crippen LogP contribution in [0.4, 0.5) is 0 Å². The third-order valence-corrected chi connectivity index (χ3v) is 3.37. The summed E-state index contributed by atoms with van der Waals surface area (Å²) in [5.74, 6) is 0.488. The van der Waals surface area contributed by atoms with E-state index in [1.54, 1.807) is 6.92 Å². The van der Waals surface area contributed by atoms with Gasteiger partial charge in [0.2, 0.25) is 0 Å². The fourth-order valence-electron chi connectivity index (χ4n) is 2.19. The van der Waals surface area contributed by atoms with Crippen LogP contribution in [0, 0.1) is 5.92 Å². The first-order chi connectivity index (χ1) is 8.61. The summed E-state index contributed by atoms with van der Waals surface area (Å²) >= 11 is 0. The molecule has 0 spiro atoms. The van der Waals surface area contributed by atoms with Gasteiger partial charge in [0.25, 0.3) is 0 Å². The zero-order valence-corrected chi connectivity index (χ0v) is 12.2. The van der Waals surface area contributed by atoms with E-state index in [4.69, 9.17) is 0 Å². The highest BCUT2D eigenvalue weighted by molar-refractivity contribution is 5.78. The van der Waals surface area contributed by atoms with Crippen molar-refractivity contribution in [2.45, 2.75) is 71.6 Å². The number of ketones is 1. The van der Waals surface area contributed by atoms with Crippen LogP contribution in [0.2, 0.25) is 0 Å². The first-order valence-corrected chi connectivity index (χ1v) is 7.19. The van der Waals surface area contributed by atoms with Gasteiger partial charge in [-0.05, 0) is 26.2 Å². The Kier molecular flexibility index (Phi) is 10.7. The highest BCUT2D eigenvalue weighted by Crippen LogP contribution is 2.17. The van der Waals surface area contributed by atoms with E-state index in [0.29, 0.717) is 12.2 Å². The molecule has 0 bridgehead atoms. The summed E-state index contributed by atoms with van der Waals surface area (Å²) in [7, 11) is 1.43. The van der Waals surface area contributed by atoms with E-state index in [2.05, 4.69) is 11.7 Å². The van der Waals surface area contributed by atoms with Crippen LogP contribution in [0.15, 0.2) is 0 Å². The van der Waals surface area contributed by atoms with Gasteiger partial charge in [0.15, 0.2) is 0 Å². The van der Waals surface area contributed by atoms with E-state index in [-0.39, 0.29) is 11.9 Å². The van der Waals surface area contributed by atoms with Crippen molar-refractivity contribution in [3.05, 3.63) is 0 Å².